The molecule has 5 heterocycles. The lowest BCUT2D eigenvalue weighted by molar-refractivity contribution is 0.0696. The first-order chi connectivity index (χ1) is 23.7. The summed E-state index contributed by atoms with van der Waals surface area (Å²) < 4.78 is 4.31. The minimum Gasteiger partial charge on any atom is -0.478 e. The molecule has 2 aromatic carbocycles. The largest absolute Gasteiger partial charge is 0.478 e. The van der Waals surface area contributed by atoms with E-state index in [1.54, 1.807) is 21.8 Å². The number of carboxylic acids is 1. The van der Waals surface area contributed by atoms with Gasteiger partial charge in [0.2, 0.25) is 0 Å². The second-order valence-electron chi connectivity index (χ2n) is 12.2. The summed E-state index contributed by atoms with van der Waals surface area (Å²) in [5.74, 6) is -1.15. The number of piperidine rings is 1. The van der Waals surface area contributed by atoms with Gasteiger partial charge < -0.3 is 25.2 Å². The van der Waals surface area contributed by atoms with Crippen molar-refractivity contribution in [2.75, 3.05) is 37.4 Å². The molecule has 252 valence electrons. The third kappa shape index (κ3) is 8.24. The average molecular weight is 725 g/mol. The number of nitrogens with one attached hydrogen (secondary N) is 2. The van der Waals surface area contributed by atoms with Crippen LogP contribution in [0.1, 0.15) is 44.7 Å². The lowest BCUT2D eigenvalue weighted by Gasteiger charge is -2.38. The molecule has 0 radical (unpaired) electrons. The van der Waals surface area contributed by atoms with Crippen molar-refractivity contribution in [2.24, 2.45) is 0 Å². The first-order valence-corrected chi connectivity index (χ1v) is 16.8. The molecule has 0 bridgehead atoms. The first kappa shape index (κ1) is 33.6. The third-order valence-corrected chi connectivity index (χ3v) is 9.05. The minimum absolute atomic E-state index is 0.198. The van der Waals surface area contributed by atoms with Crippen LogP contribution in [-0.4, -0.2) is 84.6 Å². The predicted octanol–water partition coefficient (Wildman–Crippen LogP) is 5.98. The molecule has 1 unspecified atom stereocenters. The SMILES string of the molecule is CN(C)C1CCCN(c2c(Br)cnc3[nH]cc(NC(=O)c4cnn(Cc5ccccc5)c4)c23)C1.O=C(O)c1cnn(Cc2ccccc2)c1. The summed E-state index contributed by atoms with van der Waals surface area (Å²) in [5.41, 5.74) is 5.48. The monoisotopic (exact) mass is 723 g/mol. The summed E-state index contributed by atoms with van der Waals surface area (Å²) in [6.07, 6.45) is 12.2. The number of hydrogen-bond donors (Lipinski definition) is 3. The number of aromatic carboxylic acids is 1. The number of carbonyl (C=O) groups is 2. The van der Waals surface area contributed by atoms with Crippen LogP contribution in [0.15, 0.2) is 102 Å². The molecule has 0 aliphatic carbocycles. The molecule has 0 saturated carbocycles. The number of H-pyrrole nitrogens is 1. The van der Waals surface area contributed by atoms with Gasteiger partial charge in [0, 0.05) is 43.9 Å². The smallest absolute Gasteiger partial charge is 0.338 e. The fourth-order valence-electron chi connectivity index (χ4n) is 5.91. The van der Waals surface area contributed by atoms with E-state index >= 15 is 0 Å². The Balaban J connectivity index is 0.000000232. The van der Waals surface area contributed by atoms with E-state index in [2.05, 4.69) is 65.3 Å². The Hall–Kier alpha value is -5.27. The van der Waals surface area contributed by atoms with Crippen molar-refractivity contribution >= 4 is 50.2 Å². The molecule has 3 N–H and O–H groups in total. The number of aromatic amines is 1. The number of pyridine rings is 1. The Labute approximate surface area is 292 Å². The van der Waals surface area contributed by atoms with Crippen LogP contribution in [0, 0.1) is 0 Å². The number of rotatable bonds is 9. The van der Waals surface area contributed by atoms with Crippen LogP contribution in [0.25, 0.3) is 11.0 Å². The number of anilines is 2. The molecule has 1 aliphatic rings. The number of benzene rings is 2. The van der Waals surface area contributed by atoms with Crippen LogP contribution < -0.4 is 10.2 Å². The van der Waals surface area contributed by atoms with Crippen molar-refractivity contribution in [3.8, 4) is 0 Å². The standard InChI is InChI=1S/C25H28BrN7O.C11H10N2O2/c1-31(2)19-9-6-10-32(16-19)23-20(26)12-27-24-22(23)21(13-28-24)30-25(34)18-11-29-33(15-18)14-17-7-4-3-5-8-17;14-11(15)10-6-12-13(8-10)7-9-4-2-1-3-5-9/h3-5,7-8,11-13,15,19H,6,9-10,14,16H2,1-2H3,(H,27,28)(H,30,34);1-6,8H,7H2,(H,14,15). The average Bonchev–Trinajstić information content (AvgIpc) is 3.87. The Morgan fingerprint density at radius 1 is 0.939 bits per heavy atom. The van der Waals surface area contributed by atoms with Gasteiger partial charge in [-0.15, -0.1) is 0 Å². The molecule has 7 rings (SSSR count). The third-order valence-electron chi connectivity index (χ3n) is 8.47. The summed E-state index contributed by atoms with van der Waals surface area (Å²) in [6.45, 7) is 3.10. The van der Waals surface area contributed by atoms with Crippen LogP contribution in [0.3, 0.4) is 0 Å². The van der Waals surface area contributed by atoms with E-state index in [1.807, 2.05) is 73.1 Å². The Morgan fingerprint density at radius 2 is 1.55 bits per heavy atom. The van der Waals surface area contributed by atoms with Gasteiger partial charge in [0.05, 0.1) is 57.8 Å². The van der Waals surface area contributed by atoms with Gasteiger partial charge in [-0.3, -0.25) is 14.2 Å². The van der Waals surface area contributed by atoms with Gasteiger partial charge >= 0.3 is 5.97 Å². The van der Waals surface area contributed by atoms with Crippen LogP contribution in [0.5, 0.6) is 0 Å². The van der Waals surface area contributed by atoms with Gasteiger partial charge in [0.1, 0.15) is 5.65 Å². The maximum atomic E-state index is 13.1. The molecule has 1 saturated heterocycles. The zero-order valence-corrected chi connectivity index (χ0v) is 28.9. The maximum Gasteiger partial charge on any atom is 0.338 e. The highest BCUT2D eigenvalue weighted by atomic mass is 79.9. The fraction of sp³-hybridized carbons (Fsp3) is 0.250. The highest BCUT2D eigenvalue weighted by Gasteiger charge is 2.26. The molecule has 1 atom stereocenters. The molecular formula is C36H38BrN9O3. The van der Waals surface area contributed by atoms with Crippen molar-refractivity contribution in [2.45, 2.75) is 32.0 Å². The van der Waals surface area contributed by atoms with E-state index in [-0.39, 0.29) is 11.5 Å². The van der Waals surface area contributed by atoms with Crippen molar-refractivity contribution in [3.63, 3.8) is 0 Å². The van der Waals surface area contributed by atoms with Crippen LogP contribution in [-0.2, 0) is 13.1 Å². The molecule has 6 aromatic rings. The van der Waals surface area contributed by atoms with Crippen LogP contribution in [0.4, 0.5) is 11.4 Å². The lowest BCUT2D eigenvalue weighted by Crippen LogP contribution is -2.45. The second-order valence-corrected chi connectivity index (χ2v) is 13.0. The number of carboxylic acid groups (broad SMARTS) is 1. The molecule has 1 aliphatic heterocycles. The van der Waals surface area contributed by atoms with Gasteiger partial charge in [0.15, 0.2) is 0 Å². The second kappa shape index (κ2) is 15.3. The molecule has 49 heavy (non-hydrogen) atoms. The maximum absolute atomic E-state index is 13.1. The minimum atomic E-state index is -0.950. The molecular weight excluding hydrogens is 686 g/mol. The normalized spacial score (nSPS) is 14.4. The van der Waals surface area contributed by atoms with E-state index < -0.39 is 5.97 Å². The van der Waals surface area contributed by atoms with Crippen molar-refractivity contribution in [3.05, 3.63) is 125 Å². The number of nitrogens with zero attached hydrogens (tertiary/aromatic N) is 7. The van der Waals surface area contributed by atoms with Crippen LogP contribution in [0.2, 0.25) is 0 Å². The molecule has 0 spiro atoms. The van der Waals surface area contributed by atoms with Gasteiger partial charge in [-0.2, -0.15) is 10.2 Å². The predicted molar refractivity (Wildman–Crippen MR) is 193 cm³/mol. The topological polar surface area (TPSA) is 137 Å². The van der Waals surface area contributed by atoms with E-state index in [0.717, 1.165) is 51.8 Å². The zero-order valence-electron chi connectivity index (χ0n) is 27.3. The quantitative estimate of drug-likeness (QED) is 0.166. The van der Waals surface area contributed by atoms with Gasteiger partial charge in [-0.05, 0) is 54.0 Å². The number of fused-ring (bicyclic) bond motifs is 1. The number of hydrogen-bond acceptors (Lipinski definition) is 7. The Morgan fingerprint density at radius 3 is 2.14 bits per heavy atom. The lowest BCUT2D eigenvalue weighted by atomic mass is 10.0. The number of likely N-dealkylation sites (N-methyl/N-ethyl adjacent to an activating group) is 1. The van der Waals surface area contributed by atoms with E-state index in [4.69, 9.17) is 5.11 Å². The summed E-state index contributed by atoms with van der Waals surface area (Å²) >= 11 is 3.72. The highest BCUT2D eigenvalue weighted by Crippen LogP contribution is 2.39. The van der Waals surface area contributed by atoms with Gasteiger partial charge in [0.25, 0.3) is 5.91 Å². The molecule has 1 fully saturated rings. The highest BCUT2D eigenvalue weighted by molar-refractivity contribution is 9.10. The molecule has 13 heteroatoms. The van der Waals surface area contributed by atoms with Crippen LogP contribution >= 0.6 is 15.9 Å². The van der Waals surface area contributed by atoms with Crippen molar-refractivity contribution in [1.29, 1.82) is 0 Å². The summed E-state index contributed by atoms with van der Waals surface area (Å²) in [4.78, 5) is 36.1. The molecule has 1 amide bonds. The summed E-state index contributed by atoms with van der Waals surface area (Å²) in [7, 11) is 4.26. The number of halogens is 1. The number of amides is 1. The Bertz CT molecular complexity index is 2020. The first-order valence-electron chi connectivity index (χ1n) is 16.0. The van der Waals surface area contributed by atoms with Crippen molar-refractivity contribution in [1.82, 2.24) is 34.4 Å². The number of aromatic nitrogens is 6. The molecule has 12 nitrogen and oxygen atoms in total. The van der Waals surface area contributed by atoms with E-state index in [1.165, 1.54) is 18.8 Å². The van der Waals surface area contributed by atoms with Gasteiger partial charge in [-0.1, -0.05) is 60.7 Å². The summed E-state index contributed by atoms with van der Waals surface area (Å²) in [5, 5.41) is 21.0. The fourth-order valence-corrected chi connectivity index (χ4v) is 6.46. The molecule has 4 aromatic heterocycles. The van der Waals surface area contributed by atoms with E-state index in [0.29, 0.717) is 30.4 Å². The zero-order chi connectivity index (χ0) is 34.3. The van der Waals surface area contributed by atoms with Crippen molar-refractivity contribution < 1.29 is 14.7 Å². The Kier molecular flexibility index (Phi) is 10.5. The number of carbonyl (C=O) groups excluding carboxylic acids is 1. The van der Waals surface area contributed by atoms with Gasteiger partial charge in [-0.25, -0.2) is 9.78 Å². The van der Waals surface area contributed by atoms with E-state index in [9.17, 15) is 9.59 Å². The summed E-state index contributed by atoms with van der Waals surface area (Å²) in [6, 6.07) is 20.3.